The van der Waals surface area contributed by atoms with Crippen LogP contribution in [0.4, 0.5) is 0 Å². The average Bonchev–Trinajstić information content (AvgIpc) is 1.96. The normalized spacial score (nSPS) is 43.6. The summed E-state index contributed by atoms with van der Waals surface area (Å²) in [5.41, 5.74) is 1.04. The first-order valence-electron chi connectivity index (χ1n) is 6.25. The molecule has 2 bridgehead atoms. The van der Waals surface area contributed by atoms with Gasteiger partial charge >= 0.3 is 0 Å². The Labute approximate surface area is 94.6 Å². The SMILES string of the molecule is CC(C)N1CC2(C)CN(C)CC(C)(C1)C2. The summed E-state index contributed by atoms with van der Waals surface area (Å²) in [4.78, 5) is 5.21. The minimum atomic E-state index is 0.518. The van der Waals surface area contributed by atoms with Crippen molar-refractivity contribution >= 4 is 0 Å². The van der Waals surface area contributed by atoms with E-state index in [1.165, 1.54) is 32.6 Å². The Bertz CT molecular complexity index is 231. The van der Waals surface area contributed by atoms with Crippen LogP contribution >= 0.6 is 0 Å². The van der Waals surface area contributed by atoms with Crippen molar-refractivity contribution < 1.29 is 0 Å². The van der Waals surface area contributed by atoms with Gasteiger partial charge in [0.2, 0.25) is 0 Å². The second kappa shape index (κ2) is 3.46. The summed E-state index contributed by atoms with van der Waals surface area (Å²) < 4.78 is 0. The van der Waals surface area contributed by atoms with E-state index in [1.54, 1.807) is 0 Å². The summed E-state index contributed by atoms with van der Waals surface area (Å²) in [5, 5.41) is 0. The maximum atomic E-state index is 2.68. The fourth-order valence-corrected chi connectivity index (χ4v) is 4.11. The predicted molar refractivity (Wildman–Crippen MR) is 65.0 cm³/mol. The highest BCUT2D eigenvalue weighted by molar-refractivity contribution is 5.01. The van der Waals surface area contributed by atoms with Gasteiger partial charge in [-0.1, -0.05) is 13.8 Å². The van der Waals surface area contributed by atoms with Gasteiger partial charge in [0.05, 0.1) is 0 Å². The largest absolute Gasteiger partial charge is 0.305 e. The fraction of sp³-hybridized carbons (Fsp3) is 1.00. The Balaban J connectivity index is 2.19. The molecule has 2 unspecified atom stereocenters. The van der Waals surface area contributed by atoms with Crippen LogP contribution in [-0.4, -0.2) is 49.1 Å². The van der Waals surface area contributed by atoms with Crippen molar-refractivity contribution in [1.29, 1.82) is 0 Å². The van der Waals surface area contributed by atoms with Gasteiger partial charge < -0.3 is 4.90 Å². The molecule has 0 aliphatic carbocycles. The van der Waals surface area contributed by atoms with Crippen LogP contribution in [-0.2, 0) is 0 Å². The summed E-state index contributed by atoms with van der Waals surface area (Å²) in [7, 11) is 2.28. The van der Waals surface area contributed by atoms with Gasteiger partial charge in [0.15, 0.2) is 0 Å². The first-order valence-corrected chi connectivity index (χ1v) is 6.25. The molecular formula is C13H26N2. The first kappa shape index (κ1) is 11.4. The number of nitrogens with zero attached hydrogens (tertiary/aromatic N) is 2. The average molecular weight is 210 g/mol. The second-order valence-electron chi connectivity index (χ2n) is 6.97. The van der Waals surface area contributed by atoms with E-state index in [2.05, 4.69) is 44.5 Å². The van der Waals surface area contributed by atoms with Gasteiger partial charge in [0, 0.05) is 32.2 Å². The zero-order valence-corrected chi connectivity index (χ0v) is 11.0. The molecule has 0 aromatic carbocycles. The highest BCUT2D eigenvalue weighted by Crippen LogP contribution is 2.45. The second-order valence-corrected chi connectivity index (χ2v) is 6.97. The van der Waals surface area contributed by atoms with Crippen molar-refractivity contribution in [1.82, 2.24) is 9.80 Å². The minimum absolute atomic E-state index is 0.518. The Hall–Kier alpha value is -0.0800. The maximum absolute atomic E-state index is 2.68. The van der Waals surface area contributed by atoms with Gasteiger partial charge in [-0.05, 0) is 38.1 Å². The van der Waals surface area contributed by atoms with E-state index in [0.717, 1.165) is 0 Å². The summed E-state index contributed by atoms with van der Waals surface area (Å²) in [6.07, 6.45) is 1.41. The third-order valence-electron chi connectivity index (χ3n) is 4.06. The molecule has 2 saturated heterocycles. The van der Waals surface area contributed by atoms with Crippen LogP contribution in [0.15, 0.2) is 0 Å². The third-order valence-corrected chi connectivity index (χ3v) is 4.06. The molecule has 2 heteroatoms. The molecule has 2 atom stereocenters. The predicted octanol–water partition coefficient (Wildman–Crippen LogP) is 2.06. The molecule has 2 heterocycles. The summed E-state index contributed by atoms with van der Waals surface area (Å²) >= 11 is 0. The Kier molecular flexibility index (Phi) is 2.63. The lowest BCUT2D eigenvalue weighted by atomic mass is 9.65. The zero-order valence-electron chi connectivity index (χ0n) is 11.0. The van der Waals surface area contributed by atoms with Gasteiger partial charge in [-0.15, -0.1) is 0 Å². The highest BCUT2D eigenvalue weighted by atomic mass is 15.2. The van der Waals surface area contributed by atoms with Crippen LogP contribution in [0.1, 0.15) is 34.1 Å². The fourth-order valence-electron chi connectivity index (χ4n) is 4.11. The summed E-state index contributed by atoms with van der Waals surface area (Å²) in [6.45, 7) is 14.7. The lowest BCUT2D eigenvalue weighted by Gasteiger charge is -2.57. The van der Waals surface area contributed by atoms with Crippen LogP contribution in [0.2, 0.25) is 0 Å². The van der Waals surface area contributed by atoms with Crippen molar-refractivity contribution in [2.75, 3.05) is 33.2 Å². The van der Waals surface area contributed by atoms with E-state index < -0.39 is 0 Å². The summed E-state index contributed by atoms with van der Waals surface area (Å²) in [5.74, 6) is 0. The van der Waals surface area contributed by atoms with Gasteiger partial charge in [-0.25, -0.2) is 0 Å². The zero-order chi connectivity index (χ0) is 11.3. The molecule has 0 aromatic rings. The van der Waals surface area contributed by atoms with Crippen molar-refractivity contribution in [2.45, 2.75) is 40.2 Å². The number of rotatable bonds is 1. The van der Waals surface area contributed by atoms with Gasteiger partial charge in [0.25, 0.3) is 0 Å². The quantitative estimate of drug-likeness (QED) is 0.653. The van der Waals surface area contributed by atoms with Crippen molar-refractivity contribution in [3.8, 4) is 0 Å². The molecule has 0 N–H and O–H groups in total. The molecule has 2 aliphatic heterocycles. The first-order chi connectivity index (χ1) is 6.82. The Morgan fingerprint density at radius 3 is 1.80 bits per heavy atom. The molecule has 0 aromatic heterocycles. The standard InChI is InChI=1S/C13H26N2/c1-11(2)15-9-12(3)6-13(4,10-15)8-14(5)7-12/h11H,6-10H2,1-5H3. The van der Waals surface area contributed by atoms with E-state index in [0.29, 0.717) is 16.9 Å². The van der Waals surface area contributed by atoms with E-state index in [-0.39, 0.29) is 0 Å². The number of fused-ring (bicyclic) bond motifs is 2. The third kappa shape index (κ3) is 2.21. The number of hydrogen-bond donors (Lipinski definition) is 0. The molecule has 15 heavy (non-hydrogen) atoms. The highest BCUT2D eigenvalue weighted by Gasteiger charge is 2.47. The molecule has 0 saturated carbocycles. The number of likely N-dealkylation sites (tertiary alicyclic amines) is 2. The van der Waals surface area contributed by atoms with Crippen LogP contribution < -0.4 is 0 Å². The molecular weight excluding hydrogens is 184 g/mol. The van der Waals surface area contributed by atoms with Gasteiger partial charge in [0.1, 0.15) is 0 Å². The van der Waals surface area contributed by atoms with Crippen LogP contribution in [0.25, 0.3) is 0 Å². The lowest BCUT2D eigenvalue weighted by Crippen LogP contribution is -2.62. The molecule has 0 spiro atoms. The molecule has 2 rings (SSSR count). The molecule has 88 valence electrons. The maximum Gasteiger partial charge on any atom is 0.00507 e. The number of hydrogen-bond acceptors (Lipinski definition) is 2. The van der Waals surface area contributed by atoms with Gasteiger partial charge in [-0.3, -0.25) is 4.90 Å². The van der Waals surface area contributed by atoms with Crippen LogP contribution in [0.3, 0.4) is 0 Å². The van der Waals surface area contributed by atoms with E-state index in [9.17, 15) is 0 Å². The monoisotopic (exact) mass is 210 g/mol. The van der Waals surface area contributed by atoms with Crippen molar-refractivity contribution in [2.24, 2.45) is 10.8 Å². The minimum Gasteiger partial charge on any atom is -0.305 e. The van der Waals surface area contributed by atoms with E-state index in [1.807, 2.05) is 0 Å². The molecule has 0 radical (unpaired) electrons. The topological polar surface area (TPSA) is 6.48 Å². The molecule has 2 nitrogen and oxygen atoms in total. The molecule has 2 aliphatic rings. The van der Waals surface area contributed by atoms with Gasteiger partial charge in [-0.2, -0.15) is 0 Å². The van der Waals surface area contributed by atoms with Crippen molar-refractivity contribution in [3.63, 3.8) is 0 Å². The van der Waals surface area contributed by atoms with Crippen LogP contribution in [0, 0.1) is 10.8 Å². The lowest BCUT2D eigenvalue weighted by molar-refractivity contribution is -0.0752. The van der Waals surface area contributed by atoms with Crippen LogP contribution in [0.5, 0.6) is 0 Å². The van der Waals surface area contributed by atoms with E-state index in [4.69, 9.17) is 0 Å². The molecule has 0 amide bonds. The Morgan fingerprint density at radius 2 is 1.40 bits per heavy atom. The van der Waals surface area contributed by atoms with E-state index >= 15 is 0 Å². The Morgan fingerprint density at radius 1 is 0.933 bits per heavy atom. The van der Waals surface area contributed by atoms with Crippen molar-refractivity contribution in [3.05, 3.63) is 0 Å². The number of piperidine rings is 2. The smallest absolute Gasteiger partial charge is 0.00507 e. The summed E-state index contributed by atoms with van der Waals surface area (Å²) in [6, 6.07) is 0.701. The molecule has 2 fully saturated rings.